The van der Waals surface area contributed by atoms with Crippen LogP contribution in [0.25, 0.3) is 21.7 Å². The number of aryl methyl sites for hydroxylation is 2. The van der Waals surface area contributed by atoms with Crippen molar-refractivity contribution in [2.24, 2.45) is 5.10 Å². The number of nitro benzene ring substituents is 1. The maximum absolute atomic E-state index is 11.0. The lowest BCUT2D eigenvalue weighted by molar-refractivity contribution is -0.384. The smallest absolute Gasteiger partial charge is 0.258 e. The average molecular weight is 407 g/mol. The van der Waals surface area contributed by atoms with Crippen LogP contribution in [-0.4, -0.2) is 15.6 Å². The minimum absolute atomic E-state index is 0.0808. The van der Waals surface area contributed by atoms with Gasteiger partial charge in [-0.3, -0.25) is 15.5 Å². The van der Waals surface area contributed by atoms with Gasteiger partial charge in [0.2, 0.25) is 5.13 Å². The van der Waals surface area contributed by atoms with Crippen LogP contribution in [0, 0.1) is 24.0 Å². The molecular formula is C22H22N4O2S. The minimum atomic E-state index is -0.383. The van der Waals surface area contributed by atoms with Crippen LogP contribution in [0.3, 0.4) is 0 Å². The molecule has 1 fully saturated rings. The van der Waals surface area contributed by atoms with Crippen LogP contribution in [0.2, 0.25) is 0 Å². The second-order valence-corrected chi connectivity index (χ2v) is 8.32. The molecule has 0 unspecified atom stereocenters. The Morgan fingerprint density at radius 1 is 1.10 bits per heavy atom. The lowest BCUT2D eigenvalue weighted by Gasteiger charge is -2.07. The average Bonchev–Trinajstić information content (AvgIpc) is 3.36. The van der Waals surface area contributed by atoms with Crippen LogP contribution in [0.1, 0.15) is 36.8 Å². The first-order chi connectivity index (χ1) is 14.0. The van der Waals surface area contributed by atoms with E-state index in [1.807, 2.05) is 0 Å². The fraction of sp³-hybridized carbons (Fsp3) is 0.273. The van der Waals surface area contributed by atoms with Gasteiger partial charge in [-0.05, 0) is 62.8 Å². The van der Waals surface area contributed by atoms with E-state index in [9.17, 15) is 10.1 Å². The fourth-order valence-electron chi connectivity index (χ4n) is 3.58. The van der Waals surface area contributed by atoms with Crippen molar-refractivity contribution in [1.29, 1.82) is 0 Å². The van der Waals surface area contributed by atoms with E-state index in [0.29, 0.717) is 0 Å². The summed E-state index contributed by atoms with van der Waals surface area (Å²) < 4.78 is 0. The van der Waals surface area contributed by atoms with Crippen LogP contribution in [0.5, 0.6) is 0 Å². The van der Waals surface area contributed by atoms with Gasteiger partial charge in [0.1, 0.15) is 0 Å². The Morgan fingerprint density at radius 3 is 2.48 bits per heavy atom. The first-order valence-corrected chi connectivity index (χ1v) is 10.5. The summed E-state index contributed by atoms with van der Waals surface area (Å²) in [6.45, 7) is 4.15. The lowest BCUT2D eigenvalue weighted by atomic mass is 10.0. The van der Waals surface area contributed by atoms with Crippen LogP contribution in [0.4, 0.5) is 10.8 Å². The minimum Gasteiger partial charge on any atom is -0.258 e. The molecule has 2 aromatic carbocycles. The Kier molecular flexibility index (Phi) is 5.40. The van der Waals surface area contributed by atoms with Crippen molar-refractivity contribution in [3.8, 4) is 21.7 Å². The molecule has 6 nitrogen and oxygen atoms in total. The molecule has 1 heterocycles. The molecular weight excluding hydrogens is 384 g/mol. The van der Waals surface area contributed by atoms with Gasteiger partial charge >= 0.3 is 0 Å². The highest BCUT2D eigenvalue weighted by molar-refractivity contribution is 7.19. The van der Waals surface area contributed by atoms with Gasteiger partial charge in [0.15, 0.2) is 0 Å². The van der Waals surface area contributed by atoms with Crippen molar-refractivity contribution in [2.45, 2.75) is 39.5 Å². The zero-order valence-corrected chi connectivity index (χ0v) is 17.3. The predicted molar refractivity (Wildman–Crippen MR) is 119 cm³/mol. The lowest BCUT2D eigenvalue weighted by Crippen LogP contribution is -1.96. The number of non-ortho nitro benzene ring substituents is 1. The van der Waals surface area contributed by atoms with Gasteiger partial charge in [-0.25, -0.2) is 4.98 Å². The summed E-state index contributed by atoms with van der Waals surface area (Å²) in [5, 5.41) is 16.3. The Balaban J connectivity index is 1.76. The summed E-state index contributed by atoms with van der Waals surface area (Å²) in [4.78, 5) is 16.4. The maximum Gasteiger partial charge on any atom is 0.269 e. The second-order valence-electron chi connectivity index (χ2n) is 7.32. The molecule has 0 saturated heterocycles. The molecule has 1 aliphatic rings. The largest absolute Gasteiger partial charge is 0.269 e. The summed E-state index contributed by atoms with van der Waals surface area (Å²) in [6, 6.07) is 12.9. The molecule has 0 amide bonds. The Bertz CT molecular complexity index is 1080. The van der Waals surface area contributed by atoms with E-state index >= 15 is 0 Å². The molecule has 1 aromatic heterocycles. The van der Waals surface area contributed by atoms with Crippen molar-refractivity contribution in [3.63, 3.8) is 0 Å². The third-order valence-electron chi connectivity index (χ3n) is 5.09. The van der Waals surface area contributed by atoms with Crippen LogP contribution in [-0.2, 0) is 0 Å². The Hall–Kier alpha value is -3.06. The highest BCUT2D eigenvalue weighted by Gasteiger charge is 2.18. The highest BCUT2D eigenvalue weighted by Crippen LogP contribution is 2.40. The van der Waals surface area contributed by atoms with Gasteiger partial charge in [-0.15, -0.1) is 0 Å². The number of aromatic nitrogens is 1. The van der Waals surface area contributed by atoms with E-state index in [1.54, 1.807) is 12.1 Å². The third-order valence-corrected chi connectivity index (χ3v) is 6.10. The quantitative estimate of drug-likeness (QED) is 0.396. The molecule has 1 N–H and O–H groups in total. The van der Waals surface area contributed by atoms with Gasteiger partial charge in [0.05, 0.1) is 15.5 Å². The van der Waals surface area contributed by atoms with Gasteiger partial charge in [0, 0.05) is 23.4 Å². The van der Waals surface area contributed by atoms with Crippen LogP contribution >= 0.6 is 11.3 Å². The summed E-state index contributed by atoms with van der Waals surface area (Å²) >= 11 is 1.52. The molecule has 0 radical (unpaired) electrons. The zero-order chi connectivity index (χ0) is 20.4. The van der Waals surface area contributed by atoms with Gasteiger partial charge < -0.3 is 0 Å². The number of hydrazone groups is 1. The number of thiazole rings is 1. The maximum atomic E-state index is 11.0. The fourth-order valence-corrected chi connectivity index (χ4v) is 4.51. The van der Waals surface area contributed by atoms with Gasteiger partial charge in [0.25, 0.3) is 5.69 Å². The number of nitrogens with one attached hydrogen (secondary N) is 1. The molecule has 29 heavy (non-hydrogen) atoms. The first-order valence-electron chi connectivity index (χ1n) is 9.66. The summed E-state index contributed by atoms with van der Waals surface area (Å²) in [5.74, 6) is 0. The third kappa shape index (κ3) is 4.19. The van der Waals surface area contributed by atoms with Crippen molar-refractivity contribution in [3.05, 3.63) is 63.7 Å². The predicted octanol–water partition coefficient (Wildman–Crippen LogP) is 6.34. The number of hydrogen-bond acceptors (Lipinski definition) is 6. The molecule has 0 atom stereocenters. The molecule has 148 valence electrons. The first kappa shape index (κ1) is 19.3. The topological polar surface area (TPSA) is 80.4 Å². The molecule has 0 spiro atoms. The van der Waals surface area contributed by atoms with E-state index in [-0.39, 0.29) is 10.6 Å². The Labute approximate surface area is 173 Å². The summed E-state index contributed by atoms with van der Waals surface area (Å²) in [5.41, 5.74) is 9.58. The number of hydrogen-bond donors (Lipinski definition) is 1. The summed E-state index contributed by atoms with van der Waals surface area (Å²) in [7, 11) is 0. The SMILES string of the molecule is Cc1ccc(-c2nc(NN=C3CCCC3)sc2-c2ccc([N+](=O)[O-])cc2)c(C)c1. The molecule has 7 heteroatoms. The zero-order valence-electron chi connectivity index (χ0n) is 16.4. The molecule has 0 bridgehead atoms. The molecule has 0 aliphatic heterocycles. The van der Waals surface area contributed by atoms with E-state index in [0.717, 1.165) is 45.2 Å². The number of rotatable bonds is 5. The molecule has 1 saturated carbocycles. The van der Waals surface area contributed by atoms with Gasteiger partial charge in [-0.1, -0.05) is 35.1 Å². The molecule has 3 aromatic rings. The van der Waals surface area contributed by atoms with Crippen molar-refractivity contribution < 1.29 is 4.92 Å². The number of anilines is 1. The van der Waals surface area contributed by atoms with Crippen LogP contribution in [0.15, 0.2) is 47.6 Å². The Morgan fingerprint density at radius 2 is 1.83 bits per heavy atom. The van der Waals surface area contributed by atoms with E-state index in [2.05, 4.69) is 42.6 Å². The van der Waals surface area contributed by atoms with Gasteiger partial charge in [-0.2, -0.15) is 5.10 Å². The van der Waals surface area contributed by atoms with Crippen molar-refractivity contribution in [1.82, 2.24) is 4.98 Å². The van der Waals surface area contributed by atoms with Crippen molar-refractivity contribution in [2.75, 3.05) is 5.43 Å². The summed E-state index contributed by atoms with van der Waals surface area (Å²) in [6.07, 6.45) is 4.47. The standard InChI is InChI=1S/C22H22N4O2S/c1-14-7-12-19(15(2)13-14)20-21(16-8-10-18(11-9-16)26(27)28)29-22(23-20)25-24-17-5-3-4-6-17/h7-13H,3-6H2,1-2H3,(H,23,25). The van der Waals surface area contributed by atoms with E-state index < -0.39 is 0 Å². The number of nitro groups is 1. The number of benzene rings is 2. The normalized spacial score (nSPS) is 13.5. The second kappa shape index (κ2) is 8.13. The molecule has 1 aliphatic carbocycles. The monoisotopic (exact) mass is 406 g/mol. The van der Waals surface area contributed by atoms with E-state index in [1.165, 1.54) is 47.6 Å². The molecule has 4 rings (SSSR count). The van der Waals surface area contributed by atoms with Crippen molar-refractivity contribution >= 4 is 27.9 Å². The van der Waals surface area contributed by atoms with Crippen LogP contribution < -0.4 is 5.43 Å². The number of nitrogens with zero attached hydrogens (tertiary/aromatic N) is 3. The highest BCUT2D eigenvalue weighted by atomic mass is 32.1. The van der Waals surface area contributed by atoms with E-state index in [4.69, 9.17) is 4.98 Å².